The van der Waals surface area contributed by atoms with Crippen LogP contribution in [0.4, 0.5) is 11.4 Å². The molecule has 0 saturated heterocycles. The van der Waals surface area contributed by atoms with Gasteiger partial charge in [0.1, 0.15) is 6.07 Å². The van der Waals surface area contributed by atoms with Gasteiger partial charge >= 0.3 is 0 Å². The first-order valence-corrected chi connectivity index (χ1v) is 6.72. The number of nitriles is 1. The Bertz CT molecular complexity index is 477. The first-order valence-electron chi connectivity index (χ1n) is 6.72. The molecule has 4 nitrogen and oxygen atoms in total. The summed E-state index contributed by atoms with van der Waals surface area (Å²) in [5, 5.41) is 11.9. The van der Waals surface area contributed by atoms with Crippen molar-refractivity contribution in [1.82, 2.24) is 0 Å². The molecule has 0 aromatic heterocycles. The van der Waals surface area contributed by atoms with Crippen LogP contribution in [0.2, 0.25) is 0 Å². The number of unbranched alkanes of at least 4 members (excludes halogenated alkanes) is 1. The molecule has 0 radical (unpaired) electrons. The molecule has 1 unspecified atom stereocenters. The number of nitrogen functional groups attached to an aromatic ring is 1. The number of nitrogens with two attached hydrogens (primary N) is 1. The second-order valence-electron chi connectivity index (χ2n) is 4.65. The van der Waals surface area contributed by atoms with Gasteiger partial charge in [-0.25, -0.2) is 0 Å². The van der Waals surface area contributed by atoms with Crippen molar-refractivity contribution in [2.24, 2.45) is 5.92 Å². The standard InChI is InChI=1S/C15H21N3O/c1-3-5-6-11(4-2)15(19)18-14-8-7-13(17)9-12(14)10-16/h7-9,11H,3-6,17H2,1-2H3,(H,18,19). The van der Waals surface area contributed by atoms with Crippen LogP contribution in [-0.2, 0) is 4.79 Å². The molecule has 102 valence electrons. The summed E-state index contributed by atoms with van der Waals surface area (Å²) in [6.45, 7) is 4.12. The van der Waals surface area contributed by atoms with Crippen LogP contribution in [0, 0.1) is 17.2 Å². The van der Waals surface area contributed by atoms with Crippen molar-refractivity contribution in [3.8, 4) is 6.07 Å². The average molecular weight is 259 g/mol. The van der Waals surface area contributed by atoms with Crippen molar-refractivity contribution in [3.63, 3.8) is 0 Å². The molecular weight excluding hydrogens is 238 g/mol. The molecule has 0 aliphatic rings. The number of hydrogen-bond acceptors (Lipinski definition) is 3. The predicted molar refractivity (Wildman–Crippen MR) is 77.5 cm³/mol. The molecule has 1 rings (SSSR count). The Labute approximate surface area is 114 Å². The van der Waals surface area contributed by atoms with E-state index in [9.17, 15) is 4.79 Å². The smallest absolute Gasteiger partial charge is 0.227 e. The molecule has 1 aromatic carbocycles. The fourth-order valence-corrected chi connectivity index (χ4v) is 1.97. The number of amides is 1. The summed E-state index contributed by atoms with van der Waals surface area (Å²) in [6.07, 6.45) is 3.81. The highest BCUT2D eigenvalue weighted by molar-refractivity contribution is 5.94. The van der Waals surface area contributed by atoms with Crippen molar-refractivity contribution in [3.05, 3.63) is 23.8 Å². The van der Waals surface area contributed by atoms with Crippen molar-refractivity contribution in [1.29, 1.82) is 5.26 Å². The lowest BCUT2D eigenvalue weighted by Gasteiger charge is -2.15. The van der Waals surface area contributed by atoms with E-state index in [0.717, 1.165) is 25.7 Å². The first-order chi connectivity index (χ1) is 9.12. The van der Waals surface area contributed by atoms with Crippen molar-refractivity contribution in [2.45, 2.75) is 39.5 Å². The van der Waals surface area contributed by atoms with Crippen LogP contribution in [0.15, 0.2) is 18.2 Å². The van der Waals surface area contributed by atoms with Gasteiger partial charge in [-0.3, -0.25) is 4.79 Å². The Morgan fingerprint density at radius 1 is 1.47 bits per heavy atom. The molecule has 1 aromatic rings. The van der Waals surface area contributed by atoms with Crippen molar-refractivity contribution >= 4 is 17.3 Å². The quantitative estimate of drug-likeness (QED) is 0.769. The summed E-state index contributed by atoms with van der Waals surface area (Å²) < 4.78 is 0. The number of nitrogens with one attached hydrogen (secondary N) is 1. The summed E-state index contributed by atoms with van der Waals surface area (Å²) in [5.74, 6) is -0.0127. The van der Waals surface area contributed by atoms with Crippen LogP contribution in [0.5, 0.6) is 0 Å². The van der Waals surface area contributed by atoms with E-state index in [0.29, 0.717) is 16.9 Å². The van der Waals surface area contributed by atoms with Crippen molar-refractivity contribution < 1.29 is 4.79 Å². The summed E-state index contributed by atoms with van der Waals surface area (Å²) in [5.41, 5.74) is 7.08. The molecule has 0 saturated carbocycles. The van der Waals surface area contributed by atoms with E-state index in [-0.39, 0.29) is 11.8 Å². The largest absolute Gasteiger partial charge is 0.399 e. The van der Waals surface area contributed by atoms with Crippen LogP contribution in [-0.4, -0.2) is 5.91 Å². The zero-order valence-corrected chi connectivity index (χ0v) is 11.6. The van der Waals surface area contributed by atoms with E-state index >= 15 is 0 Å². The van der Waals surface area contributed by atoms with Gasteiger partial charge in [0.25, 0.3) is 0 Å². The highest BCUT2D eigenvalue weighted by atomic mass is 16.1. The topological polar surface area (TPSA) is 78.9 Å². The molecule has 1 amide bonds. The molecule has 0 aliphatic heterocycles. The predicted octanol–water partition coefficient (Wildman–Crippen LogP) is 3.30. The second-order valence-corrected chi connectivity index (χ2v) is 4.65. The zero-order valence-electron chi connectivity index (χ0n) is 11.6. The molecule has 0 aliphatic carbocycles. The molecule has 19 heavy (non-hydrogen) atoms. The minimum Gasteiger partial charge on any atom is -0.399 e. The van der Waals surface area contributed by atoms with E-state index in [2.05, 4.69) is 12.2 Å². The van der Waals surface area contributed by atoms with Gasteiger partial charge < -0.3 is 11.1 Å². The number of carbonyl (C=O) groups excluding carboxylic acids is 1. The van der Waals surface area contributed by atoms with Gasteiger partial charge in [-0.15, -0.1) is 0 Å². The number of rotatable bonds is 6. The number of benzene rings is 1. The molecule has 0 fully saturated rings. The Morgan fingerprint density at radius 3 is 2.79 bits per heavy atom. The Kier molecular flexibility index (Phi) is 5.87. The van der Waals surface area contributed by atoms with Gasteiger partial charge in [-0.05, 0) is 31.0 Å². The fraction of sp³-hybridized carbons (Fsp3) is 0.467. The molecular formula is C15H21N3O. The number of anilines is 2. The average Bonchev–Trinajstić information content (AvgIpc) is 2.41. The SMILES string of the molecule is CCCCC(CC)C(=O)Nc1ccc(N)cc1C#N. The van der Waals surface area contributed by atoms with E-state index in [4.69, 9.17) is 11.0 Å². The number of nitrogens with zero attached hydrogens (tertiary/aromatic N) is 1. The maximum atomic E-state index is 12.2. The minimum atomic E-state index is -0.0165. The first kappa shape index (κ1) is 15.0. The third-order valence-electron chi connectivity index (χ3n) is 3.19. The van der Waals surface area contributed by atoms with Gasteiger partial charge in [0.05, 0.1) is 11.3 Å². The van der Waals surface area contributed by atoms with Gasteiger partial charge in [0.15, 0.2) is 0 Å². The number of carbonyl (C=O) groups is 1. The Morgan fingerprint density at radius 2 is 2.21 bits per heavy atom. The maximum Gasteiger partial charge on any atom is 0.227 e. The van der Waals surface area contributed by atoms with Crippen LogP contribution in [0.3, 0.4) is 0 Å². The van der Waals surface area contributed by atoms with Crippen molar-refractivity contribution in [2.75, 3.05) is 11.1 Å². The van der Waals surface area contributed by atoms with Crippen LogP contribution in [0.1, 0.15) is 45.1 Å². The minimum absolute atomic E-state index is 0.00375. The molecule has 1 atom stereocenters. The monoisotopic (exact) mass is 259 g/mol. The van der Waals surface area contributed by atoms with E-state index in [1.807, 2.05) is 13.0 Å². The summed E-state index contributed by atoms with van der Waals surface area (Å²) >= 11 is 0. The lowest BCUT2D eigenvalue weighted by Crippen LogP contribution is -2.22. The molecule has 0 spiro atoms. The summed E-state index contributed by atoms with van der Waals surface area (Å²) in [4.78, 5) is 12.2. The molecule has 0 heterocycles. The normalized spacial score (nSPS) is 11.6. The van der Waals surface area contributed by atoms with Crippen LogP contribution < -0.4 is 11.1 Å². The number of hydrogen-bond donors (Lipinski definition) is 2. The second kappa shape index (κ2) is 7.42. The van der Waals surface area contributed by atoms with Gasteiger partial charge in [-0.1, -0.05) is 26.7 Å². The lowest BCUT2D eigenvalue weighted by molar-refractivity contribution is -0.120. The van der Waals surface area contributed by atoms with Gasteiger partial charge in [0, 0.05) is 11.6 Å². The summed E-state index contributed by atoms with van der Waals surface area (Å²) in [7, 11) is 0. The third-order valence-corrected chi connectivity index (χ3v) is 3.19. The zero-order chi connectivity index (χ0) is 14.3. The Hall–Kier alpha value is -2.02. The van der Waals surface area contributed by atoms with E-state index in [1.165, 1.54) is 0 Å². The van der Waals surface area contributed by atoms with Gasteiger partial charge in [0.2, 0.25) is 5.91 Å². The van der Waals surface area contributed by atoms with E-state index in [1.54, 1.807) is 18.2 Å². The van der Waals surface area contributed by atoms with Crippen LogP contribution >= 0.6 is 0 Å². The Balaban J connectivity index is 2.78. The highest BCUT2D eigenvalue weighted by Gasteiger charge is 2.17. The van der Waals surface area contributed by atoms with Crippen LogP contribution in [0.25, 0.3) is 0 Å². The molecule has 4 heteroatoms. The fourth-order valence-electron chi connectivity index (χ4n) is 1.97. The van der Waals surface area contributed by atoms with E-state index < -0.39 is 0 Å². The third kappa shape index (κ3) is 4.29. The highest BCUT2D eigenvalue weighted by Crippen LogP contribution is 2.21. The van der Waals surface area contributed by atoms with Gasteiger partial charge in [-0.2, -0.15) is 5.26 Å². The maximum absolute atomic E-state index is 12.2. The summed E-state index contributed by atoms with van der Waals surface area (Å²) in [6, 6.07) is 6.98. The lowest BCUT2D eigenvalue weighted by atomic mass is 9.98. The molecule has 0 bridgehead atoms. The molecule has 3 N–H and O–H groups in total.